The van der Waals surface area contributed by atoms with Gasteiger partial charge in [0.15, 0.2) is 0 Å². The Bertz CT molecular complexity index is 1540. The van der Waals surface area contributed by atoms with Crippen LogP contribution < -0.4 is 14.2 Å². The molecule has 4 aromatic rings. The molecule has 8 heteroatoms. The molecule has 1 aliphatic heterocycles. The minimum atomic E-state index is -0.762. The van der Waals surface area contributed by atoms with E-state index in [0.29, 0.717) is 35.7 Å². The van der Waals surface area contributed by atoms with Gasteiger partial charge in [-0.25, -0.2) is 0 Å². The molecular weight excluding hydrogens is 496 g/mol. The number of carbonyl (C=O) groups excluding carboxylic acids is 2. The summed E-state index contributed by atoms with van der Waals surface area (Å²) in [4.78, 5) is 31.5. The number of hydrogen-bond donors (Lipinski definition) is 2. The lowest BCUT2D eigenvalue weighted by atomic mass is 9.95. The van der Waals surface area contributed by atoms with Crippen molar-refractivity contribution in [3.8, 4) is 17.2 Å². The highest BCUT2D eigenvalue weighted by molar-refractivity contribution is 6.46. The van der Waals surface area contributed by atoms with E-state index in [0.717, 1.165) is 22.2 Å². The van der Waals surface area contributed by atoms with Crippen LogP contribution in [0.5, 0.6) is 17.2 Å². The number of aromatic nitrogens is 1. The second-order valence-corrected chi connectivity index (χ2v) is 9.20. The molecule has 0 bridgehead atoms. The molecule has 200 valence electrons. The van der Waals surface area contributed by atoms with Crippen LogP contribution in [-0.4, -0.2) is 54.1 Å². The number of aliphatic hydroxyl groups excluding tert-OH is 1. The van der Waals surface area contributed by atoms with E-state index >= 15 is 0 Å². The summed E-state index contributed by atoms with van der Waals surface area (Å²) in [6.07, 6.45) is 2.40. The van der Waals surface area contributed by atoms with Gasteiger partial charge < -0.3 is 29.2 Å². The third-order valence-corrected chi connectivity index (χ3v) is 7.01. The fourth-order valence-electron chi connectivity index (χ4n) is 5.01. The molecule has 1 atom stereocenters. The molecule has 1 aliphatic rings. The maximum atomic E-state index is 13.4. The summed E-state index contributed by atoms with van der Waals surface area (Å²) in [7, 11) is 3.19. The highest BCUT2D eigenvalue weighted by Crippen LogP contribution is 2.40. The number of ketones is 1. The monoisotopic (exact) mass is 526 g/mol. The van der Waals surface area contributed by atoms with Gasteiger partial charge in [-0.1, -0.05) is 12.1 Å². The average molecular weight is 527 g/mol. The SMILES string of the molecule is CCOc1ccc(C(O)=C2C(=O)C(=O)N(CCc3c[nH]c4ccc(OC)cc34)[C@H]2c2ccc(OC)cc2)cc1. The zero-order chi connectivity index (χ0) is 27.5. The third-order valence-electron chi connectivity index (χ3n) is 7.01. The number of H-pyrrole nitrogens is 1. The first-order valence-corrected chi connectivity index (χ1v) is 12.7. The van der Waals surface area contributed by atoms with Crippen LogP contribution in [0.2, 0.25) is 0 Å². The number of fused-ring (bicyclic) bond motifs is 1. The van der Waals surface area contributed by atoms with Gasteiger partial charge in [-0.3, -0.25) is 9.59 Å². The molecule has 0 radical (unpaired) electrons. The fourth-order valence-corrected chi connectivity index (χ4v) is 5.01. The predicted molar refractivity (Wildman–Crippen MR) is 148 cm³/mol. The zero-order valence-corrected chi connectivity index (χ0v) is 22.1. The summed E-state index contributed by atoms with van der Waals surface area (Å²) in [6.45, 7) is 2.67. The molecule has 8 nitrogen and oxygen atoms in total. The van der Waals surface area contributed by atoms with Crippen molar-refractivity contribution >= 4 is 28.4 Å². The Kier molecular flexibility index (Phi) is 7.27. The van der Waals surface area contributed by atoms with Gasteiger partial charge in [-0.05, 0) is 79.1 Å². The number of hydrogen-bond acceptors (Lipinski definition) is 6. The van der Waals surface area contributed by atoms with Gasteiger partial charge in [-0.15, -0.1) is 0 Å². The molecule has 3 aromatic carbocycles. The molecule has 1 fully saturated rings. The van der Waals surface area contributed by atoms with Crippen molar-refractivity contribution in [1.82, 2.24) is 9.88 Å². The van der Waals surface area contributed by atoms with Gasteiger partial charge >= 0.3 is 0 Å². The van der Waals surface area contributed by atoms with E-state index in [2.05, 4.69) is 4.98 Å². The summed E-state index contributed by atoms with van der Waals surface area (Å²) in [5.74, 6) is 0.434. The second-order valence-electron chi connectivity index (χ2n) is 9.20. The van der Waals surface area contributed by atoms with Gasteiger partial charge in [0, 0.05) is 29.2 Å². The Labute approximate surface area is 226 Å². The van der Waals surface area contributed by atoms with Gasteiger partial charge in [0.2, 0.25) is 0 Å². The van der Waals surface area contributed by atoms with E-state index in [1.807, 2.05) is 43.5 Å². The number of aromatic amines is 1. The molecule has 1 aromatic heterocycles. The molecule has 2 heterocycles. The van der Waals surface area contributed by atoms with E-state index < -0.39 is 17.7 Å². The van der Waals surface area contributed by atoms with E-state index in [-0.39, 0.29) is 17.9 Å². The first-order valence-electron chi connectivity index (χ1n) is 12.7. The first kappa shape index (κ1) is 25.9. The first-order chi connectivity index (χ1) is 18.9. The van der Waals surface area contributed by atoms with Crippen molar-refractivity contribution in [1.29, 1.82) is 0 Å². The number of ether oxygens (including phenoxy) is 3. The van der Waals surface area contributed by atoms with Crippen LogP contribution in [0.1, 0.15) is 29.7 Å². The largest absolute Gasteiger partial charge is 0.507 e. The van der Waals surface area contributed by atoms with E-state index in [9.17, 15) is 14.7 Å². The number of nitrogens with one attached hydrogen (secondary N) is 1. The summed E-state index contributed by atoms with van der Waals surface area (Å²) in [5, 5.41) is 12.3. The fraction of sp³-hybridized carbons (Fsp3) is 0.226. The molecule has 1 saturated heterocycles. The Hall–Kier alpha value is -4.72. The number of aliphatic hydroxyl groups is 1. The Morgan fingerprint density at radius 3 is 2.26 bits per heavy atom. The number of likely N-dealkylation sites (tertiary alicyclic amines) is 1. The topological polar surface area (TPSA) is 101 Å². The van der Waals surface area contributed by atoms with Crippen molar-refractivity contribution in [2.45, 2.75) is 19.4 Å². The van der Waals surface area contributed by atoms with Crippen LogP contribution in [0.4, 0.5) is 0 Å². The van der Waals surface area contributed by atoms with E-state index in [1.54, 1.807) is 50.6 Å². The summed E-state index contributed by atoms with van der Waals surface area (Å²) in [6, 6.07) is 19.0. The molecular formula is C31H30N2O6. The van der Waals surface area contributed by atoms with Gasteiger partial charge in [-0.2, -0.15) is 0 Å². The molecule has 1 amide bonds. The van der Waals surface area contributed by atoms with Crippen LogP contribution in [0.3, 0.4) is 0 Å². The lowest BCUT2D eigenvalue weighted by Gasteiger charge is -2.25. The standard InChI is InChI=1S/C31H30N2O6/c1-4-39-23-11-7-20(8-12-23)29(34)27-28(19-5-9-22(37-2)10-6-19)33(31(36)30(27)35)16-15-21-18-32-26-14-13-24(38-3)17-25(21)26/h5-14,17-18,28,32,34H,4,15-16H2,1-3H3/t28-/m0/s1. The van der Waals surface area contributed by atoms with E-state index in [1.165, 1.54) is 4.90 Å². The molecule has 0 spiro atoms. The summed E-state index contributed by atoms with van der Waals surface area (Å²) < 4.78 is 16.2. The number of amides is 1. The van der Waals surface area contributed by atoms with Crippen LogP contribution >= 0.6 is 0 Å². The number of methoxy groups -OCH3 is 2. The normalized spacial score (nSPS) is 16.6. The number of carbonyl (C=O) groups is 2. The minimum Gasteiger partial charge on any atom is -0.507 e. The number of benzene rings is 3. The van der Waals surface area contributed by atoms with Crippen molar-refractivity contribution in [3.05, 3.63) is 95.2 Å². The number of nitrogens with zero attached hydrogens (tertiary/aromatic N) is 1. The lowest BCUT2D eigenvalue weighted by molar-refractivity contribution is -0.139. The van der Waals surface area contributed by atoms with E-state index in [4.69, 9.17) is 14.2 Å². The van der Waals surface area contributed by atoms with Crippen LogP contribution in [0.25, 0.3) is 16.7 Å². The van der Waals surface area contributed by atoms with Crippen LogP contribution in [-0.2, 0) is 16.0 Å². The Balaban J connectivity index is 1.53. The van der Waals surface area contributed by atoms with Crippen molar-refractivity contribution in [3.63, 3.8) is 0 Å². The highest BCUT2D eigenvalue weighted by Gasteiger charge is 2.45. The van der Waals surface area contributed by atoms with Crippen LogP contribution in [0.15, 0.2) is 78.5 Å². The number of Topliss-reactive ketones (excluding diaryl/α,β-unsaturated/α-hetero) is 1. The maximum Gasteiger partial charge on any atom is 0.295 e. The second kappa shape index (κ2) is 10.9. The lowest BCUT2D eigenvalue weighted by Crippen LogP contribution is -2.31. The van der Waals surface area contributed by atoms with Crippen molar-refractivity contribution in [2.75, 3.05) is 27.4 Å². The van der Waals surface area contributed by atoms with Crippen LogP contribution in [0, 0.1) is 0 Å². The van der Waals surface area contributed by atoms with Crippen molar-refractivity contribution in [2.24, 2.45) is 0 Å². The molecule has 0 saturated carbocycles. The molecule has 5 rings (SSSR count). The minimum absolute atomic E-state index is 0.0509. The highest BCUT2D eigenvalue weighted by atomic mass is 16.5. The molecule has 2 N–H and O–H groups in total. The molecule has 39 heavy (non-hydrogen) atoms. The molecule has 0 aliphatic carbocycles. The van der Waals surface area contributed by atoms with Gasteiger partial charge in [0.1, 0.15) is 23.0 Å². The summed E-state index contributed by atoms with van der Waals surface area (Å²) >= 11 is 0. The maximum absolute atomic E-state index is 13.4. The predicted octanol–water partition coefficient (Wildman–Crippen LogP) is 5.25. The third kappa shape index (κ3) is 4.93. The molecule has 0 unspecified atom stereocenters. The zero-order valence-electron chi connectivity index (χ0n) is 22.1. The van der Waals surface area contributed by atoms with Crippen molar-refractivity contribution < 1.29 is 28.9 Å². The van der Waals surface area contributed by atoms with Gasteiger partial charge in [0.05, 0.1) is 32.4 Å². The Morgan fingerprint density at radius 2 is 1.59 bits per heavy atom. The smallest absolute Gasteiger partial charge is 0.295 e. The quantitative estimate of drug-likeness (QED) is 0.176. The van der Waals surface area contributed by atoms with Gasteiger partial charge in [0.25, 0.3) is 11.7 Å². The number of rotatable bonds is 9. The Morgan fingerprint density at radius 1 is 0.923 bits per heavy atom. The summed E-state index contributed by atoms with van der Waals surface area (Å²) in [5.41, 5.74) is 3.12. The average Bonchev–Trinajstić information content (AvgIpc) is 3.49.